The van der Waals surface area contributed by atoms with Gasteiger partial charge in [-0.3, -0.25) is 0 Å². The van der Waals surface area contributed by atoms with Gasteiger partial charge in [0.25, 0.3) is 0 Å². The Morgan fingerprint density at radius 3 is 2.40 bits per heavy atom. The highest BCUT2D eigenvalue weighted by molar-refractivity contribution is 6.95. The normalized spacial score (nSPS) is 9.53. The van der Waals surface area contributed by atoms with Crippen LogP contribution in [0.2, 0.25) is 0 Å². The van der Waals surface area contributed by atoms with Gasteiger partial charge in [0.1, 0.15) is 0 Å². The number of hydrogen-bond acceptors (Lipinski definition) is 3. The maximum Gasteiger partial charge on any atom is 0.338 e. The Morgan fingerprint density at radius 2 is 1.93 bits per heavy atom. The minimum absolute atomic E-state index is 0.0705. The third kappa shape index (κ3) is 3.90. The first-order chi connectivity index (χ1) is 7.13. The van der Waals surface area contributed by atoms with Gasteiger partial charge in [-0.1, -0.05) is 0 Å². The van der Waals surface area contributed by atoms with Crippen molar-refractivity contribution in [3.05, 3.63) is 29.8 Å². The van der Waals surface area contributed by atoms with Gasteiger partial charge < -0.3 is 4.74 Å². The summed E-state index contributed by atoms with van der Waals surface area (Å²) in [6, 6.07) is 6.48. The summed E-state index contributed by atoms with van der Waals surface area (Å²) >= 11 is 10.8. The van der Waals surface area contributed by atoms with Gasteiger partial charge in [-0.05, 0) is 54.4 Å². The molecule has 0 fully saturated rings. The molecule has 0 aromatic heterocycles. The number of aliphatic imine (C=N–C) groups is 1. The number of halogens is 2. The van der Waals surface area contributed by atoms with E-state index in [2.05, 4.69) is 4.99 Å². The zero-order valence-corrected chi connectivity index (χ0v) is 9.55. The van der Waals surface area contributed by atoms with Gasteiger partial charge in [0.15, 0.2) is 4.63 Å². The number of carbonyl (C=O) groups excluding carboxylic acids is 1. The van der Waals surface area contributed by atoms with Crippen molar-refractivity contribution in [2.45, 2.75) is 6.92 Å². The van der Waals surface area contributed by atoms with Crippen molar-refractivity contribution in [3.63, 3.8) is 0 Å². The molecule has 0 atom stereocenters. The van der Waals surface area contributed by atoms with E-state index in [4.69, 9.17) is 27.9 Å². The maximum atomic E-state index is 11.3. The molecule has 0 amide bonds. The summed E-state index contributed by atoms with van der Waals surface area (Å²) in [6.07, 6.45) is 0. The standard InChI is InChI=1S/C10H9Cl2NO2/c1-2-15-9(14)7-3-5-8(6-4-7)13-10(11)12/h3-6H,2H2,1H3. The van der Waals surface area contributed by atoms with Gasteiger partial charge in [0, 0.05) is 0 Å². The summed E-state index contributed by atoms with van der Waals surface area (Å²) < 4.78 is 4.75. The predicted molar refractivity (Wildman–Crippen MR) is 61.2 cm³/mol. The van der Waals surface area contributed by atoms with Gasteiger partial charge in [0.05, 0.1) is 17.9 Å². The summed E-state index contributed by atoms with van der Waals surface area (Å²) in [7, 11) is 0. The Kier molecular flexibility index (Phi) is 4.59. The van der Waals surface area contributed by atoms with Gasteiger partial charge in [-0.25, -0.2) is 9.79 Å². The van der Waals surface area contributed by atoms with Crippen molar-refractivity contribution >= 4 is 39.5 Å². The van der Waals surface area contributed by atoms with Crippen molar-refractivity contribution in [3.8, 4) is 0 Å². The lowest BCUT2D eigenvalue weighted by Gasteiger charge is -2.01. The van der Waals surface area contributed by atoms with E-state index in [0.717, 1.165) is 0 Å². The van der Waals surface area contributed by atoms with E-state index in [1.54, 1.807) is 31.2 Å². The zero-order valence-electron chi connectivity index (χ0n) is 8.04. The first-order valence-corrected chi connectivity index (χ1v) is 5.06. The lowest BCUT2D eigenvalue weighted by atomic mass is 10.2. The summed E-state index contributed by atoms with van der Waals surface area (Å²) in [5.41, 5.74) is 1.06. The predicted octanol–water partition coefficient (Wildman–Crippen LogP) is 3.33. The molecule has 80 valence electrons. The second-order valence-electron chi connectivity index (χ2n) is 2.62. The van der Waals surface area contributed by atoms with E-state index in [0.29, 0.717) is 17.9 Å². The van der Waals surface area contributed by atoms with Crippen LogP contribution in [0, 0.1) is 0 Å². The molecule has 1 aromatic carbocycles. The average molecular weight is 246 g/mol. The lowest BCUT2D eigenvalue weighted by Crippen LogP contribution is -2.03. The van der Waals surface area contributed by atoms with Crippen molar-refractivity contribution in [2.75, 3.05) is 6.61 Å². The molecule has 0 bridgehead atoms. The van der Waals surface area contributed by atoms with Crippen molar-refractivity contribution in [2.24, 2.45) is 4.99 Å². The molecular formula is C10H9Cl2NO2. The molecule has 0 saturated carbocycles. The van der Waals surface area contributed by atoms with Crippen LogP contribution in [0.25, 0.3) is 0 Å². The average Bonchev–Trinajstić information content (AvgIpc) is 2.18. The van der Waals surface area contributed by atoms with E-state index in [1.165, 1.54) is 0 Å². The first-order valence-electron chi connectivity index (χ1n) is 4.30. The highest BCUT2D eigenvalue weighted by Gasteiger charge is 2.04. The molecule has 0 aliphatic carbocycles. The SMILES string of the molecule is CCOC(=O)c1ccc(N=C(Cl)Cl)cc1. The Hall–Kier alpha value is -1.06. The van der Waals surface area contributed by atoms with Gasteiger partial charge in [0.2, 0.25) is 0 Å². The number of nitrogens with zero attached hydrogens (tertiary/aromatic N) is 1. The Morgan fingerprint density at radius 1 is 1.33 bits per heavy atom. The molecule has 1 aromatic rings. The highest BCUT2D eigenvalue weighted by Crippen LogP contribution is 2.15. The van der Waals surface area contributed by atoms with Crippen LogP contribution in [-0.4, -0.2) is 17.2 Å². The monoisotopic (exact) mass is 245 g/mol. The van der Waals surface area contributed by atoms with Crippen LogP contribution in [0.15, 0.2) is 29.3 Å². The summed E-state index contributed by atoms with van der Waals surface area (Å²) in [5.74, 6) is -0.356. The van der Waals surface area contributed by atoms with Crippen molar-refractivity contribution in [1.29, 1.82) is 0 Å². The van der Waals surface area contributed by atoms with E-state index in [9.17, 15) is 4.79 Å². The fraction of sp³-hybridized carbons (Fsp3) is 0.200. The molecule has 0 saturated heterocycles. The Bertz CT molecular complexity index is 370. The van der Waals surface area contributed by atoms with Crippen LogP contribution < -0.4 is 0 Å². The molecule has 15 heavy (non-hydrogen) atoms. The number of benzene rings is 1. The van der Waals surface area contributed by atoms with Crippen LogP contribution in [0.5, 0.6) is 0 Å². The molecular weight excluding hydrogens is 237 g/mol. The number of rotatable bonds is 3. The number of ether oxygens (including phenoxy) is 1. The summed E-state index contributed by atoms with van der Waals surface area (Å²) in [4.78, 5) is 15.1. The molecule has 0 radical (unpaired) electrons. The van der Waals surface area contributed by atoms with Crippen LogP contribution in [0.3, 0.4) is 0 Å². The zero-order chi connectivity index (χ0) is 11.3. The van der Waals surface area contributed by atoms with E-state index in [-0.39, 0.29) is 10.6 Å². The van der Waals surface area contributed by atoms with Crippen LogP contribution in [0.4, 0.5) is 5.69 Å². The number of esters is 1. The topological polar surface area (TPSA) is 38.7 Å². The maximum absolute atomic E-state index is 11.3. The minimum atomic E-state index is -0.356. The summed E-state index contributed by atoms with van der Waals surface area (Å²) in [5, 5.41) is 0. The largest absolute Gasteiger partial charge is 0.462 e. The molecule has 5 heteroatoms. The van der Waals surface area contributed by atoms with Crippen LogP contribution in [-0.2, 0) is 4.74 Å². The summed E-state index contributed by atoms with van der Waals surface area (Å²) in [6.45, 7) is 2.11. The minimum Gasteiger partial charge on any atom is -0.462 e. The molecule has 0 N–H and O–H groups in total. The number of hydrogen-bond donors (Lipinski definition) is 0. The quantitative estimate of drug-likeness (QED) is 0.606. The Balaban J connectivity index is 2.81. The van der Waals surface area contributed by atoms with E-state index >= 15 is 0 Å². The molecule has 0 unspecified atom stereocenters. The lowest BCUT2D eigenvalue weighted by molar-refractivity contribution is 0.0526. The molecule has 0 heterocycles. The van der Waals surface area contributed by atoms with Crippen molar-refractivity contribution < 1.29 is 9.53 Å². The van der Waals surface area contributed by atoms with Gasteiger partial charge in [-0.2, -0.15) is 0 Å². The van der Waals surface area contributed by atoms with E-state index < -0.39 is 0 Å². The molecule has 0 aliphatic rings. The van der Waals surface area contributed by atoms with Crippen molar-refractivity contribution in [1.82, 2.24) is 0 Å². The first kappa shape index (κ1) is 12.0. The smallest absolute Gasteiger partial charge is 0.338 e. The third-order valence-electron chi connectivity index (χ3n) is 1.59. The van der Waals surface area contributed by atoms with Crippen LogP contribution in [0.1, 0.15) is 17.3 Å². The Labute approximate surface area is 97.7 Å². The molecule has 0 aliphatic heterocycles. The molecule has 3 nitrogen and oxygen atoms in total. The van der Waals surface area contributed by atoms with Gasteiger partial charge in [-0.15, -0.1) is 0 Å². The van der Waals surface area contributed by atoms with E-state index in [1.807, 2.05) is 0 Å². The molecule has 0 spiro atoms. The number of carbonyl (C=O) groups is 1. The fourth-order valence-corrected chi connectivity index (χ4v) is 1.18. The second-order valence-corrected chi connectivity index (χ2v) is 3.53. The highest BCUT2D eigenvalue weighted by atomic mass is 35.5. The van der Waals surface area contributed by atoms with Gasteiger partial charge >= 0.3 is 5.97 Å². The fourth-order valence-electron chi connectivity index (χ4n) is 0.984. The second kappa shape index (κ2) is 5.73. The molecule has 1 rings (SSSR count). The van der Waals surface area contributed by atoms with Crippen LogP contribution >= 0.6 is 23.2 Å². The third-order valence-corrected chi connectivity index (χ3v) is 1.76.